The molecular weight excluding hydrogens is 308 g/mol. The van der Waals surface area contributed by atoms with Crippen LogP contribution in [0.4, 0.5) is 5.69 Å². The third kappa shape index (κ3) is 4.94. The van der Waals surface area contributed by atoms with Crippen molar-refractivity contribution in [3.63, 3.8) is 0 Å². The summed E-state index contributed by atoms with van der Waals surface area (Å²) in [4.78, 5) is 16.0. The van der Waals surface area contributed by atoms with Gasteiger partial charge in [0.15, 0.2) is 0 Å². The van der Waals surface area contributed by atoms with Crippen molar-refractivity contribution in [2.75, 3.05) is 32.1 Å². The Morgan fingerprint density at radius 1 is 1.35 bits per heavy atom. The molecule has 0 unspecified atom stereocenters. The Morgan fingerprint density at radius 3 is 2.87 bits per heavy atom. The second-order valence-electron chi connectivity index (χ2n) is 5.01. The summed E-state index contributed by atoms with van der Waals surface area (Å²) in [7, 11) is 1.65. The maximum Gasteiger partial charge on any atom is 0.256 e. The van der Waals surface area contributed by atoms with Gasteiger partial charge in [-0.2, -0.15) is 0 Å². The largest absolute Gasteiger partial charge is 0.383 e. The number of thiophene rings is 1. The Kier molecular flexibility index (Phi) is 6.84. The lowest BCUT2D eigenvalue weighted by atomic mass is 10.1. The predicted molar refractivity (Wildman–Crippen MR) is 96.1 cm³/mol. The van der Waals surface area contributed by atoms with Gasteiger partial charge in [-0.1, -0.05) is 24.3 Å². The lowest BCUT2D eigenvalue weighted by molar-refractivity contribution is 0.0683. The minimum Gasteiger partial charge on any atom is -0.383 e. The summed E-state index contributed by atoms with van der Waals surface area (Å²) in [6.07, 6.45) is 1.77. The van der Waals surface area contributed by atoms with Crippen molar-refractivity contribution < 1.29 is 9.53 Å². The molecule has 0 aliphatic heterocycles. The first-order valence-electron chi connectivity index (χ1n) is 7.50. The Labute approximate surface area is 141 Å². The molecule has 122 valence electrons. The van der Waals surface area contributed by atoms with E-state index in [0.29, 0.717) is 31.8 Å². The van der Waals surface area contributed by atoms with Gasteiger partial charge < -0.3 is 15.0 Å². The highest BCUT2D eigenvalue weighted by atomic mass is 32.1. The quantitative estimate of drug-likeness (QED) is 0.714. The average molecular weight is 330 g/mol. The second kappa shape index (κ2) is 9.12. The first kappa shape index (κ1) is 17.2. The monoisotopic (exact) mass is 330 g/mol. The lowest BCUT2D eigenvalue weighted by Crippen LogP contribution is -2.33. The molecule has 0 aliphatic rings. The molecule has 5 heteroatoms. The smallest absolute Gasteiger partial charge is 0.256 e. The van der Waals surface area contributed by atoms with Crippen molar-refractivity contribution >= 4 is 22.9 Å². The number of hydrogen-bond acceptors (Lipinski definition) is 4. The van der Waals surface area contributed by atoms with Crippen molar-refractivity contribution in [2.45, 2.75) is 6.54 Å². The van der Waals surface area contributed by atoms with Gasteiger partial charge in [0.2, 0.25) is 0 Å². The zero-order chi connectivity index (χ0) is 16.5. The van der Waals surface area contributed by atoms with Crippen LogP contribution in [0.3, 0.4) is 0 Å². The molecule has 2 aromatic rings. The Hall–Kier alpha value is -2.11. The topological polar surface area (TPSA) is 41.6 Å². The molecule has 2 rings (SSSR count). The summed E-state index contributed by atoms with van der Waals surface area (Å²) in [5.74, 6) is 0.00242. The maximum absolute atomic E-state index is 13.0. The van der Waals surface area contributed by atoms with Gasteiger partial charge in [0.25, 0.3) is 5.91 Å². The molecule has 0 saturated carbocycles. The number of benzene rings is 1. The molecule has 4 nitrogen and oxygen atoms in total. The number of amides is 1. The normalized spacial score (nSPS) is 10.3. The van der Waals surface area contributed by atoms with Crippen LogP contribution in [0.15, 0.2) is 54.4 Å². The van der Waals surface area contributed by atoms with Gasteiger partial charge in [-0.25, -0.2) is 0 Å². The number of rotatable bonds is 9. The maximum atomic E-state index is 13.0. The lowest BCUT2D eigenvalue weighted by Gasteiger charge is -2.23. The van der Waals surface area contributed by atoms with E-state index in [2.05, 4.69) is 11.9 Å². The summed E-state index contributed by atoms with van der Waals surface area (Å²) in [5, 5.41) is 5.24. The van der Waals surface area contributed by atoms with Crippen LogP contribution in [0.1, 0.15) is 15.2 Å². The molecule has 1 N–H and O–H groups in total. The van der Waals surface area contributed by atoms with Crippen LogP contribution in [0.5, 0.6) is 0 Å². The standard InChI is InChI=1S/C18H22N2O2S/c1-3-10-19-17-9-5-4-8-16(17)18(21)20(11-12-22-2)14-15-7-6-13-23-15/h3-9,13,19H,1,10-12,14H2,2H3. The van der Waals surface area contributed by atoms with E-state index in [1.54, 1.807) is 24.5 Å². The Morgan fingerprint density at radius 2 is 2.17 bits per heavy atom. The molecule has 0 radical (unpaired) electrons. The van der Waals surface area contributed by atoms with Gasteiger partial charge in [0.05, 0.1) is 18.7 Å². The molecule has 1 aromatic heterocycles. The fourth-order valence-electron chi connectivity index (χ4n) is 2.22. The van der Waals surface area contributed by atoms with Gasteiger partial charge >= 0.3 is 0 Å². The average Bonchev–Trinajstić information content (AvgIpc) is 3.09. The molecule has 0 spiro atoms. The third-order valence-corrected chi connectivity index (χ3v) is 4.23. The number of nitrogens with zero attached hydrogens (tertiary/aromatic N) is 1. The highest BCUT2D eigenvalue weighted by molar-refractivity contribution is 7.09. The SMILES string of the molecule is C=CCNc1ccccc1C(=O)N(CCOC)Cc1cccs1. The number of anilines is 1. The van der Waals surface area contributed by atoms with E-state index < -0.39 is 0 Å². The van der Waals surface area contributed by atoms with Gasteiger partial charge in [-0.3, -0.25) is 4.79 Å². The highest BCUT2D eigenvalue weighted by Crippen LogP contribution is 2.20. The van der Waals surface area contributed by atoms with E-state index in [4.69, 9.17) is 4.74 Å². The molecule has 0 aliphatic carbocycles. The predicted octanol–water partition coefficient (Wildman–Crippen LogP) is 3.63. The molecule has 0 saturated heterocycles. The van der Waals surface area contributed by atoms with Crippen molar-refractivity contribution in [2.24, 2.45) is 0 Å². The minimum atomic E-state index is 0.00242. The first-order valence-corrected chi connectivity index (χ1v) is 8.38. The van der Waals surface area contributed by atoms with E-state index in [1.165, 1.54) is 0 Å². The first-order chi connectivity index (χ1) is 11.3. The van der Waals surface area contributed by atoms with E-state index in [0.717, 1.165) is 10.6 Å². The molecule has 1 aromatic carbocycles. The van der Waals surface area contributed by atoms with Crippen LogP contribution in [-0.4, -0.2) is 37.6 Å². The van der Waals surface area contributed by atoms with Crippen molar-refractivity contribution in [1.82, 2.24) is 4.90 Å². The number of carbonyl (C=O) groups excluding carboxylic acids is 1. The van der Waals surface area contributed by atoms with Gasteiger partial charge in [0, 0.05) is 30.8 Å². The number of para-hydroxylation sites is 1. The number of nitrogens with one attached hydrogen (secondary N) is 1. The van der Waals surface area contributed by atoms with Crippen LogP contribution in [-0.2, 0) is 11.3 Å². The summed E-state index contributed by atoms with van der Waals surface area (Å²) >= 11 is 1.65. The van der Waals surface area contributed by atoms with E-state index in [1.807, 2.05) is 46.7 Å². The van der Waals surface area contributed by atoms with Crippen molar-refractivity contribution in [1.29, 1.82) is 0 Å². The number of carbonyl (C=O) groups is 1. The molecule has 0 bridgehead atoms. The number of methoxy groups -OCH3 is 1. The molecule has 1 heterocycles. The van der Waals surface area contributed by atoms with Crippen molar-refractivity contribution in [3.8, 4) is 0 Å². The fraction of sp³-hybridized carbons (Fsp3) is 0.278. The highest BCUT2D eigenvalue weighted by Gasteiger charge is 2.19. The third-order valence-electron chi connectivity index (χ3n) is 3.37. The van der Waals surface area contributed by atoms with Crippen LogP contribution in [0, 0.1) is 0 Å². The van der Waals surface area contributed by atoms with Crippen LogP contribution < -0.4 is 5.32 Å². The van der Waals surface area contributed by atoms with E-state index >= 15 is 0 Å². The zero-order valence-corrected chi connectivity index (χ0v) is 14.1. The molecule has 0 atom stereocenters. The summed E-state index contributed by atoms with van der Waals surface area (Å²) in [5.41, 5.74) is 1.49. The molecule has 0 fully saturated rings. The molecule has 1 amide bonds. The van der Waals surface area contributed by atoms with E-state index in [-0.39, 0.29) is 5.91 Å². The number of ether oxygens (including phenoxy) is 1. The Bertz CT molecular complexity index is 626. The molecular formula is C18H22N2O2S. The van der Waals surface area contributed by atoms with Crippen molar-refractivity contribution in [3.05, 3.63) is 64.9 Å². The second-order valence-corrected chi connectivity index (χ2v) is 6.05. The number of hydrogen-bond donors (Lipinski definition) is 1. The zero-order valence-electron chi connectivity index (χ0n) is 13.3. The van der Waals surface area contributed by atoms with Crippen LogP contribution in [0.2, 0.25) is 0 Å². The van der Waals surface area contributed by atoms with Gasteiger partial charge in [0.1, 0.15) is 0 Å². The summed E-state index contributed by atoms with van der Waals surface area (Å²) in [6, 6.07) is 11.6. The van der Waals surface area contributed by atoms with Gasteiger partial charge in [-0.05, 0) is 23.6 Å². The van der Waals surface area contributed by atoms with Gasteiger partial charge in [-0.15, -0.1) is 17.9 Å². The fourth-order valence-corrected chi connectivity index (χ4v) is 2.94. The Balaban J connectivity index is 2.20. The molecule has 23 heavy (non-hydrogen) atoms. The van der Waals surface area contributed by atoms with Crippen LogP contribution >= 0.6 is 11.3 Å². The minimum absolute atomic E-state index is 0.00242. The van der Waals surface area contributed by atoms with E-state index in [9.17, 15) is 4.79 Å². The van der Waals surface area contributed by atoms with Crippen LogP contribution in [0.25, 0.3) is 0 Å². The summed E-state index contributed by atoms with van der Waals surface area (Å²) in [6.45, 7) is 5.99. The summed E-state index contributed by atoms with van der Waals surface area (Å²) < 4.78 is 5.15.